The summed E-state index contributed by atoms with van der Waals surface area (Å²) in [4.78, 5) is 23.5. The van der Waals surface area contributed by atoms with E-state index in [1.54, 1.807) is 24.3 Å². The van der Waals surface area contributed by atoms with E-state index in [0.717, 1.165) is 17.7 Å². The lowest BCUT2D eigenvalue weighted by atomic mass is 10.1. The number of benzene rings is 2. The van der Waals surface area contributed by atoms with Crippen LogP contribution < -0.4 is 15.5 Å². The van der Waals surface area contributed by atoms with Gasteiger partial charge in [-0.05, 0) is 48.7 Å². The van der Waals surface area contributed by atoms with Crippen LogP contribution >= 0.6 is 0 Å². The normalized spacial score (nSPS) is 12.8. The molecule has 0 atom stereocenters. The SMILES string of the molecule is COc1ccc(CCC(=O)N/N=C(/C)c2cccc(NC(=O)C(F)(F)C(F)(F)C(F)(F)F)c2)cc1. The molecule has 2 rings (SSSR count). The van der Waals surface area contributed by atoms with E-state index in [-0.39, 0.29) is 17.7 Å². The van der Waals surface area contributed by atoms with Crippen molar-refractivity contribution < 1.29 is 45.1 Å². The number of halogens is 7. The van der Waals surface area contributed by atoms with Crippen LogP contribution in [0.4, 0.5) is 36.4 Å². The molecule has 0 radical (unpaired) electrons. The summed E-state index contributed by atoms with van der Waals surface area (Å²) in [5.74, 6) is -15.2. The van der Waals surface area contributed by atoms with Crippen molar-refractivity contribution >= 4 is 23.2 Å². The molecule has 2 amide bonds. The molecule has 0 spiro atoms. The van der Waals surface area contributed by atoms with Gasteiger partial charge in [0.25, 0.3) is 0 Å². The van der Waals surface area contributed by atoms with Crippen LogP contribution in [0.5, 0.6) is 5.75 Å². The molecule has 0 saturated carbocycles. The number of carbonyl (C=O) groups is 2. The van der Waals surface area contributed by atoms with E-state index in [2.05, 4.69) is 10.5 Å². The second kappa shape index (κ2) is 10.7. The van der Waals surface area contributed by atoms with Gasteiger partial charge in [-0.1, -0.05) is 24.3 Å². The first-order valence-electron chi connectivity index (χ1n) is 9.89. The van der Waals surface area contributed by atoms with Crippen molar-refractivity contribution in [3.63, 3.8) is 0 Å². The van der Waals surface area contributed by atoms with Gasteiger partial charge in [-0.2, -0.15) is 35.8 Å². The fourth-order valence-electron chi connectivity index (χ4n) is 2.67. The quantitative estimate of drug-likeness (QED) is 0.287. The summed E-state index contributed by atoms with van der Waals surface area (Å²) in [5, 5.41) is 5.19. The van der Waals surface area contributed by atoms with Crippen LogP contribution in [0.25, 0.3) is 0 Å². The van der Waals surface area contributed by atoms with E-state index in [1.807, 2.05) is 0 Å². The number of nitrogens with one attached hydrogen (secondary N) is 2. The van der Waals surface area contributed by atoms with Crippen molar-refractivity contribution in [3.05, 3.63) is 59.7 Å². The predicted molar refractivity (Wildman–Crippen MR) is 113 cm³/mol. The number of hydrazone groups is 1. The highest BCUT2D eigenvalue weighted by molar-refractivity contribution is 6.02. The summed E-state index contributed by atoms with van der Waals surface area (Å²) in [5.41, 5.74) is 2.99. The highest BCUT2D eigenvalue weighted by Gasteiger charge is 2.76. The van der Waals surface area contributed by atoms with Crippen LogP contribution in [0.3, 0.4) is 0 Å². The molecule has 2 N–H and O–H groups in total. The average Bonchev–Trinajstić information content (AvgIpc) is 2.80. The number of alkyl halides is 7. The zero-order valence-electron chi connectivity index (χ0n) is 18.4. The van der Waals surface area contributed by atoms with E-state index in [1.165, 1.54) is 31.5 Å². The minimum absolute atomic E-state index is 0.0850. The number of hydrogen-bond donors (Lipinski definition) is 2. The Morgan fingerprint density at radius 3 is 2.17 bits per heavy atom. The van der Waals surface area contributed by atoms with Crippen LogP contribution in [0.15, 0.2) is 53.6 Å². The number of rotatable bonds is 9. The molecule has 190 valence electrons. The smallest absolute Gasteiger partial charge is 0.460 e. The van der Waals surface area contributed by atoms with Crippen molar-refractivity contribution in [1.82, 2.24) is 5.43 Å². The topological polar surface area (TPSA) is 79.8 Å². The molecular weight excluding hydrogens is 487 g/mol. The zero-order chi connectivity index (χ0) is 26.4. The maximum absolute atomic E-state index is 13.5. The zero-order valence-corrected chi connectivity index (χ0v) is 18.4. The Kier molecular flexibility index (Phi) is 8.47. The summed E-state index contributed by atoms with van der Waals surface area (Å²) < 4.78 is 95.0. The number of anilines is 1. The summed E-state index contributed by atoms with van der Waals surface area (Å²) in [6.45, 7) is 1.41. The number of carbonyl (C=O) groups excluding carboxylic acids is 2. The molecule has 2 aromatic carbocycles. The number of nitrogens with zero attached hydrogens (tertiary/aromatic N) is 1. The lowest BCUT2D eigenvalue weighted by Crippen LogP contribution is -2.57. The maximum atomic E-state index is 13.5. The number of ether oxygens (including phenoxy) is 1. The third-order valence-electron chi connectivity index (χ3n) is 4.72. The van der Waals surface area contributed by atoms with Crippen molar-refractivity contribution in [2.75, 3.05) is 12.4 Å². The lowest BCUT2D eigenvalue weighted by Gasteiger charge is -2.27. The number of methoxy groups -OCH3 is 1. The van der Waals surface area contributed by atoms with E-state index >= 15 is 0 Å². The monoisotopic (exact) mass is 507 g/mol. The second-order valence-electron chi connectivity index (χ2n) is 7.26. The Hall–Kier alpha value is -3.64. The molecule has 2 aromatic rings. The van der Waals surface area contributed by atoms with Gasteiger partial charge in [0.05, 0.1) is 12.8 Å². The molecule has 0 aliphatic heterocycles. The van der Waals surface area contributed by atoms with Gasteiger partial charge in [0.15, 0.2) is 0 Å². The van der Waals surface area contributed by atoms with Gasteiger partial charge in [0.2, 0.25) is 5.91 Å². The Labute approximate surface area is 195 Å². The van der Waals surface area contributed by atoms with Crippen molar-refractivity contribution in [1.29, 1.82) is 0 Å². The third-order valence-corrected chi connectivity index (χ3v) is 4.72. The van der Waals surface area contributed by atoms with Gasteiger partial charge in [-0.15, -0.1) is 0 Å². The van der Waals surface area contributed by atoms with Crippen LogP contribution in [0.1, 0.15) is 24.5 Å². The molecule has 13 heteroatoms. The molecule has 0 aliphatic carbocycles. The summed E-state index contributed by atoms with van der Waals surface area (Å²) in [6.07, 6.45) is -6.14. The van der Waals surface area contributed by atoms with Gasteiger partial charge in [-0.25, -0.2) is 5.43 Å². The molecule has 0 heterocycles. The summed E-state index contributed by atoms with van der Waals surface area (Å²) in [6, 6.07) is 11.7. The Morgan fingerprint density at radius 2 is 1.60 bits per heavy atom. The molecule has 6 nitrogen and oxygen atoms in total. The second-order valence-corrected chi connectivity index (χ2v) is 7.26. The van der Waals surface area contributed by atoms with Gasteiger partial charge >= 0.3 is 23.9 Å². The first kappa shape index (κ1) is 27.6. The van der Waals surface area contributed by atoms with E-state index in [9.17, 15) is 40.3 Å². The van der Waals surface area contributed by atoms with Crippen molar-refractivity contribution in [2.24, 2.45) is 5.10 Å². The maximum Gasteiger partial charge on any atom is 0.460 e. The predicted octanol–water partition coefficient (Wildman–Crippen LogP) is 4.94. The lowest BCUT2D eigenvalue weighted by molar-refractivity contribution is -0.343. The number of amides is 2. The minimum atomic E-state index is -6.63. The number of aryl methyl sites for hydroxylation is 1. The largest absolute Gasteiger partial charge is 0.497 e. The average molecular weight is 507 g/mol. The van der Waals surface area contributed by atoms with Crippen molar-refractivity contribution in [2.45, 2.75) is 37.8 Å². The van der Waals surface area contributed by atoms with Crippen LogP contribution in [0, 0.1) is 0 Å². The Morgan fingerprint density at radius 1 is 0.971 bits per heavy atom. The molecule has 0 saturated heterocycles. The first-order chi connectivity index (χ1) is 16.2. The van der Waals surface area contributed by atoms with E-state index < -0.39 is 35.5 Å². The van der Waals surface area contributed by atoms with Crippen LogP contribution in [-0.2, 0) is 16.0 Å². The van der Waals surface area contributed by atoms with Crippen LogP contribution in [0.2, 0.25) is 0 Å². The van der Waals surface area contributed by atoms with E-state index in [4.69, 9.17) is 4.74 Å². The molecule has 0 aromatic heterocycles. The molecule has 35 heavy (non-hydrogen) atoms. The Bertz CT molecular complexity index is 1080. The first-order valence-corrected chi connectivity index (χ1v) is 9.89. The van der Waals surface area contributed by atoms with Crippen molar-refractivity contribution in [3.8, 4) is 5.75 Å². The standard InChI is InChI=1S/C22H20F7N3O3/c1-13(31-32-18(33)11-8-14-6-9-17(35-2)10-7-14)15-4-3-5-16(12-15)30-19(34)20(23,24)21(25,26)22(27,28)29/h3-7,9-10,12H,8,11H2,1-2H3,(H,30,34)(H,32,33)/b31-13-. The highest BCUT2D eigenvalue weighted by atomic mass is 19.4. The molecular formula is C22H20F7N3O3. The fourth-order valence-corrected chi connectivity index (χ4v) is 2.67. The fraction of sp³-hybridized carbons (Fsp3) is 0.318. The third kappa shape index (κ3) is 6.70. The molecule has 0 unspecified atom stereocenters. The molecule has 0 bridgehead atoms. The number of hydrogen-bond acceptors (Lipinski definition) is 4. The summed E-state index contributed by atoms with van der Waals surface area (Å²) >= 11 is 0. The van der Waals surface area contributed by atoms with Gasteiger partial charge < -0.3 is 10.1 Å². The van der Waals surface area contributed by atoms with Gasteiger partial charge in [0, 0.05) is 12.1 Å². The van der Waals surface area contributed by atoms with E-state index in [0.29, 0.717) is 12.2 Å². The molecule has 0 aliphatic rings. The highest BCUT2D eigenvalue weighted by Crippen LogP contribution is 2.46. The Balaban J connectivity index is 2.01. The van der Waals surface area contributed by atoms with Crippen LogP contribution in [-0.4, -0.2) is 42.7 Å². The summed E-state index contributed by atoms with van der Waals surface area (Å²) in [7, 11) is 1.52. The molecule has 0 fully saturated rings. The minimum Gasteiger partial charge on any atom is -0.497 e. The van der Waals surface area contributed by atoms with Gasteiger partial charge in [0.1, 0.15) is 5.75 Å². The van der Waals surface area contributed by atoms with Gasteiger partial charge in [-0.3, -0.25) is 9.59 Å².